The second-order valence-electron chi connectivity index (χ2n) is 3.94. The van der Waals surface area contributed by atoms with Crippen molar-refractivity contribution >= 4 is 17.3 Å². The van der Waals surface area contributed by atoms with Gasteiger partial charge in [0.05, 0.1) is 16.3 Å². The maximum atomic E-state index is 11.1. The molecule has 3 rings (SSSR count). The minimum atomic E-state index is -1.02. The van der Waals surface area contributed by atoms with Crippen LogP contribution in [0.2, 0.25) is 0 Å². The molecule has 19 heavy (non-hydrogen) atoms. The molecule has 0 fully saturated rings. The van der Waals surface area contributed by atoms with Crippen molar-refractivity contribution in [3.05, 3.63) is 59.6 Å². The van der Waals surface area contributed by atoms with E-state index in [1.54, 1.807) is 22.1 Å². The fraction of sp³-hybridized carbons (Fsp3) is 0. The first-order chi connectivity index (χ1) is 9.25. The first-order valence-electron chi connectivity index (χ1n) is 5.68. The van der Waals surface area contributed by atoms with Crippen LogP contribution in [0, 0.1) is 0 Å². The first kappa shape index (κ1) is 11.7. The monoisotopic (exact) mass is 270 g/mol. The van der Waals surface area contributed by atoms with Gasteiger partial charge in [0.2, 0.25) is 0 Å². The Morgan fingerprint density at radius 1 is 1.16 bits per heavy atom. The molecule has 2 heterocycles. The van der Waals surface area contributed by atoms with Gasteiger partial charge < -0.3 is 5.11 Å². The molecule has 5 heteroatoms. The van der Waals surface area contributed by atoms with Crippen LogP contribution in [0.5, 0.6) is 0 Å². The van der Waals surface area contributed by atoms with Gasteiger partial charge in [0.15, 0.2) is 5.69 Å². The number of carbonyl (C=O) groups is 1. The summed E-state index contributed by atoms with van der Waals surface area (Å²) in [5.41, 5.74) is 1.68. The molecule has 0 unspecified atom stereocenters. The average molecular weight is 270 g/mol. The minimum absolute atomic E-state index is 0.0484. The lowest BCUT2D eigenvalue weighted by Crippen LogP contribution is -2.01. The Labute approximate surface area is 113 Å². The van der Waals surface area contributed by atoms with E-state index >= 15 is 0 Å². The number of rotatable bonds is 3. The lowest BCUT2D eigenvalue weighted by molar-refractivity contribution is 0.0690. The average Bonchev–Trinajstić information content (AvgIpc) is 3.08. The number of benzene rings is 1. The van der Waals surface area contributed by atoms with Crippen LogP contribution in [-0.2, 0) is 0 Å². The van der Waals surface area contributed by atoms with Gasteiger partial charge in [0.25, 0.3) is 0 Å². The third-order valence-corrected chi connectivity index (χ3v) is 3.60. The first-order valence-corrected chi connectivity index (χ1v) is 6.56. The molecule has 4 nitrogen and oxygen atoms in total. The lowest BCUT2D eigenvalue weighted by atomic mass is 10.3. The molecule has 0 saturated heterocycles. The Hall–Kier alpha value is -2.40. The van der Waals surface area contributed by atoms with Crippen LogP contribution in [0.1, 0.15) is 10.5 Å². The highest BCUT2D eigenvalue weighted by molar-refractivity contribution is 7.13. The Morgan fingerprint density at radius 3 is 2.58 bits per heavy atom. The molecule has 0 aliphatic heterocycles. The molecule has 2 aromatic heterocycles. The van der Waals surface area contributed by atoms with E-state index in [4.69, 9.17) is 5.11 Å². The highest BCUT2D eigenvalue weighted by Gasteiger charge is 2.16. The number of nitrogens with zero attached hydrogens (tertiary/aromatic N) is 2. The molecule has 0 amide bonds. The Morgan fingerprint density at radius 2 is 1.95 bits per heavy atom. The van der Waals surface area contributed by atoms with Crippen molar-refractivity contribution in [1.29, 1.82) is 0 Å². The van der Waals surface area contributed by atoms with Gasteiger partial charge in [-0.25, -0.2) is 9.48 Å². The van der Waals surface area contributed by atoms with Gasteiger partial charge in [-0.15, -0.1) is 11.3 Å². The minimum Gasteiger partial charge on any atom is -0.476 e. The molecule has 1 N–H and O–H groups in total. The van der Waals surface area contributed by atoms with Crippen LogP contribution < -0.4 is 0 Å². The fourth-order valence-electron chi connectivity index (χ4n) is 1.85. The summed E-state index contributed by atoms with van der Waals surface area (Å²) in [5.74, 6) is -1.02. The Kier molecular flexibility index (Phi) is 2.89. The van der Waals surface area contributed by atoms with Crippen LogP contribution in [0.3, 0.4) is 0 Å². The normalized spacial score (nSPS) is 10.5. The molecule has 3 aromatic rings. The predicted octanol–water partition coefficient (Wildman–Crippen LogP) is 3.30. The summed E-state index contributed by atoms with van der Waals surface area (Å²) in [7, 11) is 0. The molecular weight excluding hydrogens is 260 g/mol. The zero-order valence-electron chi connectivity index (χ0n) is 9.85. The maximum absolute atomic E-state index is 11.1. The standard InChI is InChI=1S/C14H10N2O2S/c17-14(18)11-9-12(13-7-4-8-19-13)16(15-11)10-5-2-1-3-6-10/h1-9H,(H,17,18). The van der Waals surface area contributed by atoms with E-state index in [9.17, 15) is 4.79 Å². The van der Waals surface area contributed by atoms with E-state index in [0.29, 0.717) is 0 Å². The highest BCUT2D eigenvalue weighted by Crippen LogP contribution is 2.27. The Bertz CT molecular complexity index is 702. The zero-order valence-corrected chi connectivity index (χ0v) is 10.7. The summed E-state index contributed by atoms with van der Waals surface area (Å²) in [6, 6.07) is 15.0. The molecular formula is C14H10N2O2S. The summed E-state index contributed by atoms with van der Waals surface area (Å²) in [5, 5.41) is 15.2. The SMILES string of the molecule is O=C(O)c1cc(-c2cccs2)n(-c2ccccc2)n1. The highest BCUT2D eigenvalue weighted by atomic mass is 32.1. The lowest BCUT2D eigenvalue weighted by Gasteiger charge is -2.05. The number of carboxylic acids is 1. The second kappa shape index (κ2) is 4.70. The van der Waals surface area contributed by atoms with E-state index < -0.39 is 5.97 Å². The maximum Gasteiger partial charge on any atom is 0.356 e. The van der Waals surface area contributed by atoms with E-state index in [2.05, 4.69) is 5.10 Å². The summed E-state index contributed by atoms with van der Waals surface area (Å²) in [6.07, 6.45) is 0. The number of carboxylic acid groups (broad SMARTS) is 1. The van der Waals surface area contributed by atoms with E-state index in [1.165, 1.54) is 0 Å². The van der Waals surface area contributed by atoms with Gasteiger partial charge in [0.1, 0.15) is 0 Å². The number of hydrogen-bond donors (Lipinski definition) is 1. The van der Waals surface area contributed by atoms with Crippen LogP contribution in [0.15, 0.2) is 53.9 Å². The van der Waals surface area contributed by atoms with Crippen molar-refractivity contribution in [2.45, 2.75) is 0 Å². The molecule has 0 aliphatic rings. The van der Waals surface area contributed by atoms with Crippen molar-refractivity contribution in [2.75, 3.05) is 0 Å². The number of aromatic carboxylic acids is 1. The summed E-state index contributed by atoms with van der Waals surface area (Å²) in [4.78, 5) is 12.1. The quantitative estimate of drug-likeness (QED) is 0.794. The molecule has 1 aromatic carbocycles. The van der Waals surface area contributed by atoms with Gasteiger partial charge >= 0.3 is 5.97 Å². The molecule has 0 atom stereocenters. The zero-order chi connectivity index (χ0) is 13.2. The summed E-state index contributed by atoms with van der Waals surface area (Å²) in [6.45, 7) is 0. The van der Waals surface area contributed by atoms with E-state index in [-0.39, 0.29) is 5.69 Å². The van der Waals surface area contributed by atoms with Crippen LogP contribution in [-0.4, -0.2) is 20.9 Å². The third-order valence-electron chi connectivity index (χ3n) is 2.70. The predicted molar refractivity (Wildman–Crippen MR) is 73.8 cm³/mol. The van der Waals surface area contributed by atoms with Gasteiger partial charge in [-0.3, -0.25) is 0 Å². The van der Waals surface area contributed by atoms with Crippen molar-refractivity contribution in [2.24, 2.45) is 0 Å². The van der Waals surface area contributed by atoms with Crippen LogP contribution >= 0.6 is 11.3 Å². The van der Waals surface area contributed by atoms with Crippen molar-refractivity contribution in [3.63, 3.8) is 0 Å². The van der Waals surface area contributed by atoms with Crippen molar-refractivity contribution < 1.29 is 9.90 Å². The van der Waals surface area contributed by atoms with Gasteiger partial charge in [0, 0.05) is 6.07 Å². The number of aromatic nitrogens is 2. The van der Waals surface area contributed by atoms with E-state index in [0.717, 1.165) is 16.3 Å². The molecule has 0 saturated carbocycles. The fourth-order valence-corrected chi connectivity index (χ4v) is 2.58. The number of para-hydroxylation sites is 1. The largest absolute Gasteiger partial charge is 0.476 e. The molecule has 94 valence electrons. The molecule has 0 bridgehead atoms. The second-order valence-corrected chi connectivity index (χ2v) is 4.89. The molecule has 0 aliphatic carbocycles. The number of hydrogen-bond acceptors (Lipinski definition) is 3. The van der Waals surface area contributed by atoms with Gasteiger partial charge in [-0.1, -0.05) is 24.3 Å². The Balaban J connectivity index is 2.20. The summed E-state index contributed by atoms with van der Waals surface area (Å²) >= 11 is 1.56. The van der Waals surface area contributed by atoms with Gasteiger partial charge in [-0.05, 0) is 23.6 Å². The van der Waals surface area contributed by atoms with Crippen molar-refractivity contribution in [1.82, 2.24) is 9.78 Å². The van der Waals surface area contributed by atoms with Gasteiger partial charge in [-0.2, -0.15) is 5.10 Å². The topological polar surface area (TPSA) is 55.1 Å². The molecule has 0 radical (unpaired) electrons. The smallest absolute Gasteiger partial charge is 0.356 e. The summed E-state index contributed by atoms with van der Waals surface area (Å²) < 4.78 is 1.66. The van der Waals surface area contributed by atoms with Crippen molar-refractivity contribution in [3.8, 4) is 16.3 Å². The third kappa shape index (κ3) is 2.15. The van der Waals surface area contributed by atoms with Crippen LogP contribution in [0.25, 0.3) is 16.3 Å². The number of thiophene rings is 1. The van der Waals surface area contributed by atoms with E-state index in [1.807, 2.05) is 47.8 Å². The van der Waals surface area contributed by atoms with Crippen LogP contribution in [0.4, 0.5) is 0 Å². The molecule has 0 spiro atoms.